The monoisotopic (exact) mass is 503 g/mol. The lowest BCUT2D eigenvalue weighted by molar-refractivity contribution is -0.191. The maximum atomic E-state index is 13.7. The van der Waals surface area contributed by atoms with Crippen LogP contribution >= 0.6 is 0 Å². The number of aromatic nitrogens is 1. The van der Waals surface area contributed by atoms with Crippen LogP contribution in [0.15, 0.2) is 36.4 Å². The number of fused-ring (bicyclic) bond motifs is 1. The molecule has 1 amide bonds. The summed E-state index contributed by atoms with van der Waals surface area (Å²) in [7, 11) is 0. The smallest absolute Gasteiger partial charge is 0.268 e. The minimum absolute atomic E-state index is 0.00352. The zero-order chi connectivity index (χ0) is 25.1. The second-order valence-corrected chi connectivity index (χ2v) is 11.8. The molecule has 37 heavy (non-hydrogen) atoms. The number of ether oxygens (including phenoxy) is 1. The molecule has 3 aromatic rings. The zero-order valence-corrected chi connectivity index (χ0v) is 20.5. The third-order valence-electron chi connectivity index (χ3n) is 9.91. The molecular weight excluding hydrogens is 473 g/mol. The lowest BCUT2D eigenvalue weighted by atomic mass is 9.48. The van der Waals surface area contributed by atoms with Crippen molar-refractivity contribution in [3.8, 4) is 11.5 Å². The number of rotatable bonds is 4. The number of H-pyrrole nitrogens is 1. The summed E-state index contributed by atoms with van der Waals surface area (Å²) in [5.41, 5.74) is 1.46. The first kappa shape index (κ1) is 21.9. The van der Waals surface area contributed by atoms with Crippen LogP contribution in [-0.2, 0) is 11.8 Å². The number of benzene rings is 2. The number of aromatic amines is 1. The molecule has 0 radical (unpaired) electrons. The number of hydrogen-bond acceptors (Lipinski definition) is 5. The molecule has 2 aromatic carbocycles. The van der Waals surface area contributed by atoms with E-state index in [4.69, 9.17) is 4.74 Å². The Balaban J connectivity index is 1.17. The summed E-state index contributed by atoms with van der Waals surface area (Å²) in [4.78, 5) is 19.0. The van der Waals surface area contributed by atoms with Crippen LogP contribution in [0.3, 0.4) is 0 Å². The van der Waals surface area contributed by atoms with Gasteiger partial charge < -0.3 is 25.3 Å². The van der Waals surface area contributed by atoms with Crippen LogP contribution in [0, 0.1) is 11.7 Å². The van der Waals surface area contributed by atoms with Gasteiger partial charge in [-0.2, -0.15) is 0 Å². The van der Waals surface area contributed by atoms with E-state index in [9.17, 15) is 19.4 Å². The second-order valence-electron chi connectivity index (χ2n) is 11.8. The van der Waals surface area contributed by atoms with Crippen molar-refractivity contribution >= 4 is 16.8 Å². The van der Waals surface area contributed by atoms with Crippen LogP contribution in [0.4, 0.5) is 4.39 Å². The van der Waals surface area contributed by atoms with Gasteiger partial charge in [0.1, 0.15) is 17.6 Å². The number of carbonyl (C=O) groups is 1. The third-order valence-corrected chi connectivity index (χ3v) is 9.91. The van der Waals surface area contributed by atoms with Crippen LogP contribution in [0.2, 0.25) is 0 Å². The number of carbonyl (C=O) groups excluding carboxylic acids is 1. The summed E-state index contributed by atoms with van der Waals surface area (Å²) in [6.45, 7) is 1.89. The van der Waals surface area contributed by atoms with Gasteiger partial charge in [-0.1, -0.05) is 6.07 Å². The number of phenols is 1. The van der Waals surface area contributed by atoms with Gasteiger partial charge in [-0.3, -0.25) is 9.69 Å². The molecule has 2 aliphatic heterocycles. The van der Waals surface area contributed by atoms with Gasteiger partial charge in [0.2, 0.25) is 0 Å². The van der Waals surface area contributed by atoms with E-state index in [1.54, 1.807) is 18.2 Å². The highest BCUT2D eigenvalue weighted by molar-refractivity contribution is 5.98. The van der Waals surface area contributed by atoms with Crippen molar-refractivity contribution < 1.29 is 24.1 Å². The van der Waals surface area contributed by atoms with Crippen LogP contribution in [0.25, 0.3) is 10.9 Å². The molecule has 2 bridgehead atoms. The van der Waals surface area contributed by atoms with E-state index in [-0.39, 0.29) is 29.6 Å². The molecule has 3 aliphatic carbocycles. The summed E-state index contributed by atoms with van der Waals surface area (Å²) < 4.78 is 20.2. The minimum atomic E-state index is -0.989. The molecule has 1 spiro atoms. The Bertz CT molecular complexity index is 1470. The minimum Gasteiger partial charge on any atom is -0.504 e. The highest BCUT2D eigenvalue weighted by Gasteiger charge is 2.73. The van der Waals surface area contributed by atoms with E-state index in [1.165, 1.54) is 25.0 Å². The fourth-order valence-electron chi connectivity index (χ4n) is 8.10. The Labute approximate surface area is 213 Å². The molecule has 4 N–H and O–H groups in total. The first-order chi connectivity index (χ1) is 17.9. The Kier molecular flexibility index (Phi) is 4.31. The number of halogens is 1. The quantitative estimate of drug-likeness (QED) is 0.438. The van der Waals surface area contributed by atoms with Crippen LogP contribution < -0.4 is 10.1 Å². The lowest BCUT2D eigenvalue weighted by Gasteiger charge is -2.64. The van der Waals surface area contributed by atoms with Crippen molar-refractivity contribution in [1.82, 2.24) is 15.2 Å². The molecular formula is C29H30FN3O4. The zero-order valence-electron chi connectivity index (χ0n) is 20.5. The highest BCUT2D eigenvalue weighted by atomic mass is 19.1. The highest BCUT2D eigenvalue weighted by Crippen LogP contribution is 2.65. The van der Waals surface area contributed by atoms with Gasteiger partial charge in [-0.05, 0) is 86.9 Å². The first-order valence-electron chi connectivity index (χ1n) is 13.4. The fourth-order valence-corrected chi connectivity index (χ4v) is 8.10. The average molecular weight is 504 g/mol. The van der Waals surface area contributed by atoms with Gasteiger partial charge in [0.25, 0.3) is 5.91 Å². The van der Waals surface area contributed by atoms with E-state index in [1.807, 2.05) is 6.07 Å². The van der Waals surface area contributed by atoms with Crippen LogP contribution in [0.1, 0.15) is 53.7 Å². The number of likely N-dealkylation sites (tertiary alicyclic amines) is 1. The molecule has 1 aromatic heterocycles. The van der Waals surface area contributed by atoms with E-state index in [2.05, 4.69) is 15.2 Å². The summed E-state index contributed by atoms with van der Waals surface area (Å²) in [6.07, 6.45) is 4.64. The van der Waals surface area contributed by atoms with Crippen molar-refractivity contribution in [1.29, 1.82) is 0 Å². The normalized spacial score (nSPS) is 33.7. The number of nitrogens with one attached hydrogen (secondary N) is 2. The van der Waals surface area contributed by atoms with Gasteiger partial charge in [-0.15, -0.1) is 0 Å². The number of phenolic OH excluding ortho intramolecular Hbond substituents is 1. The van der Waals surface area contributed by atoms with E-state index < -0.39 is 17.1 Å². The average Bonchev–Trinajstić information content (AvgIpc) is 3.46. The van der Waals surface area contributed by atoms with E-state index >= 15 is 0 Å². The van der Waals surface area contributed by atoms with Gasteiger partial charge in [0.15, 0.2) is 11.5 Å². The van der Waals surface area contributed by atoms with Crippen molar-refractivity contribution in [3.05, 3.63) is 59.0 Å². The van der Waals surface area contributed by atoms with Crippen LogP contribution in [0.5, 0.6) is 11.5 Å². The van der Waals surface area contributed by atoms with Crippen molar-refractivity contribution in [3.63, 3.8) is 0 Å². The molecule has 7 nitrogen and oxygen atoms in total. The third kappa shape index (κ3) is 2.85. The number of aliphatic hydroxyl groups is 1. The summed E-state index contributed by atoms with van der Waals surface area (Å²) in [6, 6.07) is 9.39. The van der Waals surface area contributed by atoms with Crippen LogP contribution in [-0.4, -0.2) is 62.9 Å². The SMILES string of the molecule is O=C(N[C@@H]1CC[C@@]2(O)[C@H]3Cc4ccc(O)c5c4[C@@]2(CCN3CC2CC2)[C@H]1O5)c1cc2cc(F)ccc2[nH]1. The van der Waals surface area contributed by atoms with Crippen molar-refractivity contribution in [2.75, 3.05) is 13.1 Å². The lowest BCUT2D eigenvalue weighted by Crippen LogP contribution is -2.78. The number of aromatic hydroxyl groups is 1. The van der Waals surface area contributed by atoms with E-state index in [0.29, 0.717) is 35.2 Å². The first-order valence-corrected chi connectivity index (χ1v) is 13.4. The Morgan fingerprint density at radius 3 is 2.89 bits per heavy atom. The summed E-state index contributed by atoms with van der Waals surface area (Å²) >= 11 is 0. The Hall–Kier alpha value is -3.10. The predicted molar refractivity (Wildman–Crippen MR) is 134 cm³/mol. The fraction of sp³-hybridized carbons (Fsp3) is 0.483. The summed E-state index contributed by atoms with van der Waals surface area (Å²) in [5.74, 6) is 0.650. The standard InChI is InChI=1S/C29H30FN3O4/c30-18-4-5-19-17(11-18)12-21(31-19)27(35)32-20-7-8-29(36)23-13-16-3-6-22(34)25-24(16)28(29,26(20)37-25)9-10-33(23)14-15-1-2-15/h3-6,11-12,15,20,23,26,31,34,36H,1-2,7-10,13-14H2,(H,32,35)/t20-,23-,26+,28+,29-/m1/s1. The topological polar surface area (TPSA) is 97.8 Å². The molecule has 3 fully saturated rings. The number of piperidine rings is 1. The van der Waals surface area contributed by atoms with E-state index in [0.717, 1.165) is 43.0 Å². The molecule has 5 aliphatic rings. The molecule has 8 heteroatoms. The number of amides is 1. The van der Waals surface area contributed by atoms with Crippen molar-refractivity contribution in [2.45, 2.75) is 67.7 Å². The van der Waals surface area contributed by atoms with Gasteiger partial charge >= 0.3 is 0 Å². The predicted octanol–water partition coefficient (Wildman–Crippen LogP) is 3.38. The maximum absolute atomic E-state index is 13.7. The molecule has 3 heterocycles. The van der Waals surface area contributed by atoms with Gasteiger partial charge in [-0.25, -0.2) is 4.39 Å². The molecule has 0 unspecified atom stereocenters. The molecule has 5 atom stereocenters. The van der Waals surface area contributed by atoms with Gasteiger partial charge in [0.05, 0.1) is 17.1 Å². The number of hydrogen-bond donors (Lipinski definition) is 4. The molecule has 2 saturated carbocycles. The second kappa shape index (κ2) is 7.26. The molecule has 192 valence electrons. The maximum Gasteiger partial charge on any atom is 0.268 e. The molecule has 1 saturated heterocycles. The summed E-state index contributed by atoms with van der Waals surface area (Å²) in [5, 5.41) is 27.1. The number of nitrogens with zero attached hydrogens (tertiary/aromatic N) is 1. The van der Waals surface area contributed by atoms with Gasteiger partial charge in [0, 0.05) is 29.1 Å². The Morgan fingerprint density at radius 2 is 2.05 bits per heavy atom. The Morgan fingerprint density at radius 1 is 1.19 bits per heavy atom. The van der Waals surface area contributed by atoms with Crippen molar-refractivity contribution in [2.24, 2.45) is 5.92 Å². The molecule has 8 rings (SSSR count). The largest absolute Gasteiger partial charge is 0.504 e.